The Labute approximate surface area is 121 Å². The Morgan fingerprint density at radius 2 is 2.30 bits per heavy atom. The smallest absolute Gasteiger partial charge is 0.328 e. The van der Waals surface area contributed by atoms with Crippen LogP contribution in [0, 0.1) is 0 Å². The van der Waals surface area contributed by atoms with Crippen LogP contribution in [-0.4, -0.2) is 53.9 Å². The van der Waals surface area contributed by atoms with E-state index in [2.05, 4.69) is 4.74 Å². The molecule has 2 heterocycles. The zero-order valence-electron chi connectivity index (χ0n) is 11.4. The van der Waals surface area contributed by atoms with E-state index < -0.39 is 24.0 Å². The highest BCUT2D eigenvalue weighted by Crippen LogP contribution is 2.23. The molecule has 1 aliphatic heterocycles. The third kappa shape index (κ3) is 2.99. The van der Waals surface area contributed by atoms with Crippen LogP contribution in [0.15, 0.2) is 16.5 Å². The van der Waals surface area contributed by atoms with Crippen molar-refractivity contribution in [1.82, 2.24) is 4.90 Å². The maximum absolute atomic E-state index is 12.3. The number of thioether (sulfide) groups is 1. The molecule has 0 saturated carbocycles. The van der Waals surface area contributed by atoms with Gasteiger partial charge in [0.05, 0.1) is 19.0 Å². The molecule has 2 rings (SSSR count). The lowest BCUT2D eigenvalue weighted by Crippen LogP contribution is -2.41. The number of esters is 1. The van der Waals surface area contributed by atoms with Gasteiger partial charge in [0.1, 0.15) is 11.8 Å². The lowest BCUT2D eigenvalue weighted by molar-refractivity contribution is -0.145. The van der Waals surface area contributed by atoms with Gasteiger partial charge in [0.15, 0.2) is 5.76 Å². The van der Waals surface area contributed by atoms with Crippen molar-refractivity contribution in [2.24, 2.45) is 0 Å². The van der Waals surface area contributed by atoms with Crippen molar-refractivity contribution in [3.8, 4) is 0 Å². The molecule has 7 heteroatoms. The summed E-state index contributed by atoms with van der Waals surface area (Å²) in [4.78, 5) is 25.3. The molecule has 0 bridgehead atoms. The van der Waals surface area contributed by atoms with Gasteiger partial charge in [-0.05, 0) is 18.4 Å². The van der Waals surface area contributed by atoms with E-state index in [0.29, 0.717) is 11.5 Å². The van der Waals surface area contributed by atoms with Gasteiger partial charge < -0.3 is 19.2 Å². The van der Waals surface area contributed by atoms with Crippen LogP contribution in [0.3, 0.4) is 0 Å². The van der Waals surface area contributed by atoms with Crippen LogP contribution in [0.4, 0.5) is 0 Å². The summed E-state index contributed by atoms with van der Waals surface area (Å²) >= 11 is 1.59. The van der Waals surface area contributed by atoms with E-state index in [1.54, 1.807) is 23.9 Å². The summed E-state index contributed by atoms with van der Waals surface area (Å²) in [6, 6.07) is 2.58. The molecule has 2 atom stereocenters. The number of β-amino-alcohol motifs (C(OH)–C–C–N with tert-alkyl or cyclic N) is 1. The van der Waals surface area contributed by atoms with Crippen molar-refractivity contribution >= 4 is 23.6 Å². The van der Waals surface area contributed by atoms with Crippen LogP contribution in [0.2, 0.25) is 0 Å². The van der Waals surface area contributed by atoms with Crippen LogP contribution >= 0.6 is 11.8 Å². The molecule has 0 aromatic carbocycles. The van der Waals surface area contributed by atoms with Gasteiger partial charge in [0.25, 0.3) is 5.91 Å². The van der Waals surface area contributed by atoms with Crippen LogP contribution in [0.25, 0.3) is 0 Å². The molecule has 0 spiro atoms. The number of carbonyl (C=O) groups is 2. The Balaban J connectivity index is 2.15. The van der Waals surface area contributed by atoms with Crippen LogP contribution in [0.1, 0.15) is 22.7 Å². The zero-order valence-corrected chi connectivity index (χ0v) is 12.2. The molecule has 6 nitrogen and oxygen atoms in total. The number of furan rings is 1. The topological polar surface area (TPSA) is 80.0 Å². The molecule has 1 fully saturated rings. The van der Waals surface area contributed by atoms with Crippen molar-refractivity contribution < 1.29 is 23.8 Å². The predicted octanol–water partition coefficient (Wildman–Crippen LogP) is 0.891. The Hall–Kier alpha value is -1.47. The summed E-state index contributed by atoms with van der Waals surface area (Å²) in [5.74, 6) is 0.637. The van der Waals surface area contributed by atoms with Gasteiger partial charge in [-0.3, -0.25) is 4.79 Å². The van der Waals surface area contributed by atoms with Crippen molar-refractivity contribution in [3.05, 3.63) is 23.7 Å². The maximum atomic E-state index is 12.3. The number of methoxy groups -OCH3 is 1. The van der Waals surface area contributed by atoms with E-state index in [0.717, 1.165) is 0 Å². The first-order valence-electron chi connectivity index (χ1n) is 6.21. The van der Waals surface area contributed by atoms with Gasteiger partial charge in [0.2, 0.25) is 0 Å². The van der Waals surface area contributed by atoms with E-state index >= 15 is 0 Å². The van der Waals surface area contributed by atoms with Crippen molar-refractivity contribution in [2.45, 2.75) is 24.3 Å². The average Bonchev–Trinajstić information content (AvgIpc) is 3.04. The molecule has 110 valence electrons. The van der Waals surface area contributed by atoms with Gasteiger partial charge in [-0.15, -0.1) is 0 Å². The fraction of sp³-hybridized carbons (Fsp3) is 0.538. The van der Waals surface area contributed by atoms with Gasteiger partial charge in [-0.2, -0.15) is 11.8 Å². The number of amides is 1. The molecule has 1 amide bonds. The molecule has 1 aromatic rings. The van der Waals surface area contributed by atoms with Crippen molar-refractivity contribution in [3.63, 3.8) is 0 Å². The normalized spacial score (nSPS) is 22.1. The number of ether oxygens (including phenoxy) is 1. The Bertz CT molecular complexity index is 501. The molecular formula is C13H17NO5S. The Morgan fingerprint density at radius 3 is 2.95 bits per heavy atom. The third-order valence-electron chi connectivity index (χ3n) is 3.17. The Kier molecular flexibility index (Phi) is 4.72. The monoisotopic (exact) mass is 299 g/mol. The number of hydrogen-bond acceptors (Lipinski definition) is 6. The minimum atomic E-state index is -0.753. The lowest BCUT2D eigenvalue weighted by atomic mass is 10.2. The van der Waals surface area contributed by atoms with E-state index in [1.807, 2.05) is 6.26 Å². The second-order valence-electron chi connectivity index (χ2n) is 4.58. The minimum absolute atomic E-state index is 0.108. The van der Waals surface area contributed by atoms with Crippen LogP contribution < -0.4 is 0 Å². The first-order valence-corrected chi connectivity index (χ1v) is 7.60. The molecular weight excluding hydrogens is 282 g/mol. The highest BCUT2D eigenvalue weighted by molar-refractivity contribution is 7.97. The average molecular weight is 299 g/mol. The first kappa shape index (κ1) is 14.9. The molecule has 1 aliphatic rings. The standard InChI is InChI=1S/C13H17NO5S/c1-18-13(17)10-5-8(15)6-14(10)12(16)11-4-3-9(19-11)7-20-2/h3-4,8,10,15H,5-7H2,1-2H3. The highest BCUT2D eigenvalue weighted by Gasteiger charge is 2.40. The Morgan fingerprint density at radius 1 is 1.55 bits per heavy atom. The van der Waals surface area contributed by atoms with Crippen molar-refractivity contribution in [2.75, 3.05) is 19.9 Å². The number of aliphatic hydroxyl groups is 1. The van der Waals surface area contributed by atoms with Crippen molar-refractivity contribution in [1.29, 1.82) is 0 Å². The molecule has 0 aliphatic carbocycles. The van der Waals surface area contributed by atoms with Crippen LogP contribution in [0.5, 0.6) is 0 Å². The summed E-state index contributed by atoms with van der Waals surface area (Å²) in [7, 11) is 1.26. The summed E-state index contributed by atoms with van der Waals surface area (Å²) in [5, 5.41) is 9.66. The molecule has 1 aromatic heterocycles. The largest absolute Gasteiger partial charge is 0.467 e. The second kappa shape index (κ2) is 6.32. The fourth-order valence-corrected chi connectivity index (χ4v) is 2.69. The molecule has 1 saturated heterocycles. The highest BCUT2D eigenvalue weighted by atomic mass is 32.2. The zero-order chi connectivity index (χ0) is 14.7. The fourth-order valence-electron chi connectivity index (χ4n) is 2.25. The van der Waals surface area contributed by atoms with Crippen LogP contribution in [-0.2, 0) is 15.3 Å². The molecule has 1 N–H and O–H groups in total. The minimum Gasteiger partial charge on any atom is -0.467 e. The first-order chi connectivity index (χ1) is 9.56. The number of aliphatic hydroxyl groups excluding tert-OH is 1. The van der Waals surface area contributed by atoms with Gasteiger partial charge in [0, 0.05) is 13.0 Å². The van der Waals surface area contributed by atoms with E-state index in [1.165, 1.54) is 12.0 Å². The second-order valence-corrected chi connectivity index (χ2v) is 5.45. The number of carbonyl (C=O) groups excluding carboxylic acids is 2. The van der Waals surface area contributed by atoms with Gasteiger partial charge in [-0.25, -0.2) is 4.79 Å². The van der Waals surface area contributed by atoms with Gasteiger partial charge in [-0.1, -0.05) is 0 Å². The lowest BCUT2D eigenvalue weighted by Gasteiger charge is -2.21. The van der Waals surface area contributed by atoms with Gasteiger partial charge >= 0.3 is 5.97 Å². The maximum Gasteiger partial charge on any atom is 0.328 e. The number of rotatable bonds is 4. The quantitative estimate of drug-likeness (QED) is 0.832. The third-order valence-corrected chi connectivity index (χ3v) is 3.75. The number of nitrogens with zero attached hydrogens (tertiary/aromatic N) is 1. The summed E-state index contributed by atoms with van der Waals surface area (Å²) in [5.41, 5.74) is 0. The molecule has 20 heavy (non-hydrogen) atoms. The summed E-state index contributed by atoms with van der Waals surface area (Å²) < 4.78 is 10.1. The van der Waals surface area contributed by atoms with E-state index in [9.17, 15) is 14.7 Å². The molecule has 0 radical (unpaired) electrons. The van der Waals surface area contributed by atoms with E-state index in [-0.39, 0.29) is 18.7 Å². The SMILES string of the molecule is COC(=O)C1CC(O)CN1C(=O)c1ccc(CSC)o1. The predicted molar refractivity (Wildman–Crippen MR) is 73.4 cm³/mol. The number of hydrogen-bond donors (Lipinski definition) is 1. The summed E-state index contributed by atoms with van der Waals surface area (Å²) in [6.07, 6.45) is 1.41. The van der Waals surface area contributed by atoms with E-state index in [4.69, 9.17) is 4.42 Å². The summed E-state index contributed by atoms with van der Waals surface area (Å²) in [6.45, 7) is 0.108. The molecule has 2 unspecified atom stereocenters. The number of likely N-dealkylation sites (tertiary alicyclic amines) is 1.